The minimum absolute atomic E-state index is 0.00000378. The van der Waals surface area contributed by atoms with Crippen LogP contribution < -0.4 is 0 Å². The summed E-state index contributed by atoms with van der Waals surface area (Å²) in [7, 11) is 1.47. The lowest BCUT2D eigenvalue weighted by atomic mass is 9.97. The summed E-state index contributed by atoms with van der Waals surface area (Å²) < 4.78 is 0. The summed E-state index contributed by atoms with van der Waals surface area (Å²) in [5.41, 5.74) is 0.607. The van der Waals surface area contributed by atoms with Gasteiger partial charge in [-0.05, 0) is 38.5 Å². The quantitative estimate of drug-likeness (QED) is 0.639. The number of aliphatic hydroxyl groups excluding tert-OH is 2. The molecule has 0 aromatic heterocycles. The van der Waals surface area contributed by atoms with Gasteiger partial charge < -0.3 is 15.1 Å². The van der Waals surface area contributed by atoms with Gasteiger partial charge in [0.05, 0.1) is 24.3 Å². The number of rotatable bonds is 8. The maximum absolute atomic E-state index is 12.6. The molecule has 1 aromatic carbocycles. The van der Waals surface area contributed by atoms with Crippen LogP contribution in [0.4, 0.5) is 0 Å². The first-order chi connectivity index (χ1) is 12.1. The van der Waals surface area contributed by atoms with Crippen LogP contribution in [0.3, 0.4) is 0 Å². The van der Waals surface area contributed by atoms with Gasteiger partial charge in [-0.3, -0.25) is 24.1 Å². The van der Waals surface area contributed by atoms with E-state index in [0.717, 1.165) is 4.90 Å². The number of nitrogens with zero attached hydrogens (tertiary/aromatic N) is 2. The number of carbonyl (C=O) groups is 4. The molecule has 0 fully saturated rings. The van der Waals surface area contributed by atoms with E-state index >= 15 is 0 Å². The second kappa shape index (κ2) is 9.21. The predicted molar refractivity (Wildman–Crippen MR) is 94.0 cm³/mol. The largest absolute Gasteiger partial charge is 0.392 e. The van der Waals surface area contributed by atoms with E-state index in [1.54, 1.807) is 6.92 Å². The van der Waals surface area contributed by atoms with Crippen LogP contribution in [-0.4, -0.2) is 76.9 Å². The van der Waals surface area contributed by atoms with Crippen molar-refractivity contribution in [2.75, 3.05) is 20.1 Å². The van der Waals surface area contributed by atoms with Crippen LogP contribution >= 0.6 is 0 Å². The molecule has 3 amide bonds. The minimum atomic E-state index is -0.906. The third-order valence-corrected chi connectivity index (χ3v) is 3.72. The van der Waals surface area contributed by atoms with Gasteiger partial charge >= 0.3 is 0 Å². The molecule has 2 unspecified atom stereocenters. The van der Waals surface area contributed by atoms with Gasteiger partial charge in [0.1, 0.15) is 0 Å². The van der Waals surface area contributed by atoms with Crippen molar-refractivity contribution in [2.24, 2.45) is 0 Å². The van der Waals surface area contributed by atoms with Crippen molar-refractivity contribution in [2.45, 2.75) is 33.0 Å². The number of amides is 3. The van der Waals surface area contributed by atoms with E-state index in [1.807, 2.05) is 0 Å². The molecule has 0 saturated carbocycles. The highest BCUT2D eigenvalue weighted by molar-refractivity contribution is 6.07. The van der Waals surface area contributed by atoms with Crippen LogP contribution in [0.2, 0.25) is 0 Å². The van der Waals surface area contributed by atoms with Gasteiger partial charge in [0.25, 0.3) is 11.8 Å². The second-order valence-electron chi connectivity index (χ2n) is 6.32. The van der Waals surface area contributed by atoms with Crippen LogP contribution in [0.5, 0.6) is 0 Å². The Morgan fingerprint density at radius 3 is 2.08 bits per heavy atom. The molecule has 2 N–H and O–H groups in total. The standard InChI is InChI=1S/C18H24N2O6/c1-11-5-14(9-21)16(17(25)19(4)7-12(2)23)6-15(11)18(26)20(10-22)8-13(3)24/h5-6,9-10,12-13,23-24H,7-8H2,1-4H3. The smallest absolute Gasteiger partial charge is 0.260 e. The number of aliphatic hydroxyl groups is 2. The van der Waals surface area contributed by atoms with Crippen molar-refractivity contribution in [3.63, 3.8) is 0 Å². The van der Waals surface area contributed by atoms with Crippen LogP contribution in [0.1, 0.15) is 50.5 Å². The number of aldehydes is 1. The number of hydrogen-bond donors (Lipinski definition) is 2. The van der Waals surface area contributed by atoms with Crippen molar-refractivity contribution < 1.29 is 29.4 Å². The SMILES string of the molecule is Cc1cc(C=O)c(C(=O)N(C)CC(C)O)cc1C(=O)N(C=O)CC(C)O. The first-order valence-electron chi connectivity index (χ1n) is 8.10. The summed E-state index contributed by atoms with van der Waals surface area (Å²) >= 11 is 0. The van der Waals surface area contributed by atoms with Gasteiger partial charge in [-0.1, -0.05) is 0 Å². The fourth-order valence-electron chi connectivity index (χ4n) is 2.54. The molecule has 26 heavy (non-hydrogen) atoms. The monoisotopic (exact) mass is 364 g/mol. The molecule has 2 atom stereocenters. The van der Waals surface area contributed by atoms with Crippen LogP contribution in [0, 0.1) is 6.92 Å². The third-order valence-electron chi connectivity index (χ3n) is 3.72. The van der Waals surface area contributed by atoms with Crippen molar-refractivity contribution >= 4 is 24.5 Å². The molecule has 0 aliphatic carbocycles. The van der Waals surface area contributed by atoms with Gasteiger partial charge in [0.15, 0.2) is 6.29 Å². The Balaban J connectivity index is 3.35. The lowest BCUT2D eigenvalue weighted by molar-refractivity contribution is -0.116. The summed E-state index contributed by atoms with van der Waals surface area (Å²) in [5.74, 6) is -1.21. The molecule has 0 aliphatic heterocycles. The minimum Gasteiger partial charge on any atom is -0.392 e. The number of likely N-dealkylation sites (N-methyl/N-ethyl adjacent to an activating group) is 1. The molecule has 0 spiro atoms. The zero-order chi connectivity index (χ0) is 20.0. The van der Waals surface area contributed by atoms with Crippen LogP contribution in [0.25, 0.3) is 0 Å². The number of imide groups is 1. The highest BCUT2D eigenvalue weighted by Crippen LogP contribution is 2.19. The number of aryl methyl sites for hydroxylation is 1. The fourth-order valence-corrected chi connectivity index (χ4v) is 2.54. The predicted octanol–water partition coefficient (Wildman–Crippen LogP) is 0.240. The van der Waals surface area contributed by atoms with E-state index in [4.69, 9.17) is 0 Å². The van der Waals surface area contributed by atoms with Gasteiger partial charge in [0.2, 0.25) is 6.41 Å². The normalized spacial score (nSPS) is 12.8. The molecular formula is C18H24N2O6. The first kappa shape index (κ1) is 21.5. The van der Waals surface area contributed by atoms with Gasteiger partial charge in [-0.25, -0.2) is 0 Å². The summed E-state index contributed by atoms with van der Waals surface area (Å²) in [5, 5.41) is 18.9. The lowest BCUT2D eigenvalue weighted by Gasteiger charge is -2.22. The van der Waals surface area contributed by atoms with Crippen molar-refractivity contribution in [3.05, 3.63) is 34.4 Å². The lowest BCUT2D eigenvalue weighted by Crippen LogP contribution is -2.36. The van der Waals surface area contributed by atoms with E-state index in [-0.39, 0.29) is 29.8 Å². The number of benzene rings is 1. The highest BCUT2D eigenvalue weighted by Gasteiger charge is 2.24. The Kier molecular flexibility index (Phi) is 7.60. The molecule has 0 saturated heterocycles. The zero-order valence-electron chi connectivity index (χ0n) is 15.3. The summed E-state index contributed by atoms with van der Waals surface area (Å²) in [4.78, 5) is 49.7. The number of hydrogen-bond acceptors (Lipinski definition) is 6. The van der Waals surface area contributed by atoms with E-state index in [2.05, 4.69) is 0 Å². The van der Waals surface area contributed by atoms with E-state index < -0.39 is 24.0 Å². The Labute approximate surface area is 152 Å². The maximum Gasteiger partial charge on any atom is 0.260 e. The zero-order valence-corrected chi connectivity index (χ0v) is 15.3. The first-order valence-corrected chi connectivity index (χ1v) is 8.10. The van der Waals surface area contributed by atoms with E-state index in [0.29, 0.717) is 18.3 Å². The average molecular weight is 364 g/mol. The molecule has 0 bridgehead atoms. The fraction of sp³-hybridized carbons (Fsp3) is 0.444. The van der Waals surface area contributed by atoms with Gasteiger partial charge in [-0.2, -0.15) is 0 Å². The van der Waals surface area contributed by atoms with E-state index in [9.17, 15) is 29.4 Å². The molecule has 8 nitrogen and oxygen atoms in total. The van der Waals surface area contributed by atoms with Crippen molar-refractivity contribution in [1.82, 2.24) is 9.80 Å². The third kappa shape index (κ3) is 5.21. The van der Waals surface area contributed by atoms with Crippen molar-refractivity contribution in [1.29, 1.82) is 0 Å². The molecule has 142 valence electrons. The topological polar surface area (TPSA) is 115 Å². The molecule has 8 heteroatoms. The van der Waals surface area contributed by atoms with E-state index in [1.165, 1.54) is 37.9 Å². The summed E-state index contributed by atoms with van der Waals surface area (Å²) in [6.07, 6.45) is -0.843. The Morgan fingerprint density at radius 1 is 1.04 bits per heavy atom. The molecule has 0 radical (unpaired) electrons. The molecule has 1 aromatic rings. The van der Waals surface area contributed by atoms with Crippen LogP contribution in [0.15, 0.2) is 12.1 Å². The molecule has 0 heterocycles. The van der Waals surface area contributed by atoms with Crippen LogP contribution in [-0.2, 0) is 4.79 Å². The molecule has 1 rings (SSSR count). The Morgan fingerprint density at radius 2 is 1.62 bits per heavy atom. The second-order valence-corrected chi connectivity index (χ2v) is 6.32. The summed E-state index contributed by atoms with van der Waals surface area (Å²) in [6, 6.07) is 2.66. The molecule has 0 aliphatic rings. The van der Waals surface area contributed by atoms with Crippen molar-refractivity contribution in [3.8, 4) is 0 Å². The Bertz CT molecular complexity index is 699. The molecular weight excluding hydrogens is 340 g/mol. The summed E-state index contributed by atoms with van der Waals surface area (Å²) in [6.45, 7) is 4.40. The van der Waals surface area contributed by atoms with Gasteiger partial charge in [0, 0.05) is 24.7 Å². The highest BCUT2D eigenvalue weighted by atomic mass is 16.3. The maximum atomic E-state index is 12.6. The average Bonchev–Trinajstić information content (AvgIpc) is 2.57. The Hall–Kier alpha value is -2.58. The number of carbonyl (C=O) groups excluding carboxylic acids is 4. The van der Waals surface area contributed by atoms with Gasteiger partial charge in [-0.15, -0.1) is 0 Å².